The number of amidine groups is 1. The zero-order valence-corrected chi connectivity index (χ0v) is 21.3. The van der Waals surface area contributed by atoms with Crippen LogP contribution in [0.2, 0.25) is 0 Å². The number of piperazine rings is 1. The Morgan fingerprint density at radius 1 is 1.13 bits per heavy atom. The molecule has 1 aromatic rings. The number of nitriles is 1. The molecule has 2 N–H and O–H groups in total. The van der Waals surface area contributed by atoms with Gasteiger partial charge in [0.15, 0.2) is 6.19 Å². The number of nitrogens with one attached hydrogen (secondary N) is 1. The zero-order valence-electron chi connectivity index (χ0n) is 21.3. The van der Waals surface area contributed by atoms with E-state index in [2.05, 4.69) is 21.4 Å². The van der Waals surface area contributed by atoms with Crippen molar-refractivity contribution < 1.29 is 23.1 Å². The van der Waals surface area contributed by atoms with Gasteiger partial charge in [-0.2, -0.15) is 18.4 Å². The lowest BCUT2D eigenvalue weighted by atomic mass is 9.48. The fraction of sp³-hybridized carbons (Fsp3) is 0.704. The maximum absolute atomic E-state index is 12.9. The van der Waals surface area contributed by atoms with Crippen molar-refractivity contribution in [1.29, 1.82) is 5.26 Å². The van der Waals surface area contributed by atoms with Gasteiger partial charge in [0.25, 0.3) is 0 Å². The van der Waals surface area contributed by atoms with Crippen molar-refractivity contribution >= 4 is 17.6 Å². The molecule has 8 nitrogen and oxygen atoms in total. The number of hydrogen-bond acceptors (Lipinski definition) is 6. The fourth-order valence-electron chi connectivity index (χ4n) is 8.26. The van der Waals surface area contributed by atoms with Crippen LogP contribution >= 0.6 is 0 Å². The molecule has 2 heterocycles. The van der Waals surface area contributed by atoms with E-state index in [4.69, 9.17) is 4.99 Å². The molecule has 5 saturated carbocycles. The number of carboxylic acids is 1. The summed E-state index contributed by atoms with van der Waals surface area (Å²) in [6, 6.07) is 2.55. The monoisotopic (exact) mass is 530 g/mol. The maximum atomic E-state index is 12.9. The third kappa shape index (κ3) is 4.12. The average molecular weight is 531 g/mol. The van der Waals surface area contributed by atoms with Crippen LogP contribution in [0, 0.1) is 34.6 Å². The van der Waals surface area contributed by atoms with Crippen molar-refractivity contribution in [2.24, 2.45) is 28.2 Å². The van der Waals surface area contributed by atoms with Crippen LogP contribution in [0.15, 0.2) is 23.3 Å². The number of pyridine rings is 1. The van der Waals surface area contributed by atoms with Crippen molar-refractivity contribution in [2.45, 2.75) is 69.1 Å². The Morgan fingerprint density at radius 3 is 2.32 bits per heavy atom. The second-order valence-electron chi connectivity index (χ2n) is 12.0. The van der Waals surface area contributed by atoms with Gasteiger partial charge in [0.2, 0.25) is 0 Å². The van der Waals surface area contributed by atoms with Gasteiger partial charge in [-0.3, -0.25) is 20.0 Å². The Hall–Kier alpha value is -2.87. The molecule has 4 bridgehead atoms. The van der Waals surface area contributed by atoms with Crippen LogP contribution in [0.4, 0.5) is 19.0 Å². The number of carboxylic acid groups (broad SMARTS) is 1. The molecule has 1 saturated heterocycles. The predicted molar refractivity (Wildman–Crippen MR) is 133 cm³/mol. The summed E-state index contributed by atoms with van der Waals surface area (Å²) in [5.74, 6) is 1.54. The summed E-state index contributed by atoms with van der Waals surface area (Å²) < 4.78 is 38.8. The Bertz CT molecular complexity index is 1130. The largest absolute Gasteiger partial charge is 0.481 e. The molecule has 6 fully saturated rings. The highest BCUT2D eigenvalue weighted by atomic mass is 19.4. The Balaban J connectivity index is 1.19. The van der Waals surface area contributed by atoms with Crippen molar-refractivity contribution in [3.8, 4) is 6.19 Å². The number of hydrogen-bond donors (Lipinski definition) is 2. The van der Waals surface area contributed by atoms with E-state index in [0.717, 1.165) is 50.8 Å². The van der Waals surface area contributed by atoms with Gasteiger partial charge in [0, 0.05) is 32.4 Å². The lowest BCUT2D eigenvalue weighted by Gasteiger charge is -2.58. The molecule has 1 aliphatic heterocycles. The van der Waals surface area contributed by atoms with E-state index in [1.165, 1.54) is 6.07 Å². The lowest BCUT2D eigenvalue weighted by molar-refractivity contribution is -0.166. The van der Waals surface area contributed by atoms with E-state index in [1.54, 1.807) is 0 Å². The van der Waals surface area contributed by atoms with Gasteiger partial charge >= 0.3 is 12.1 Å². The molecule has 0 spiro atoms. The van der Waals surface area contributed by atoms with Crippen LogP contribution < -0.4 is 10.2 Å². The molecule has 2 unspecified atom stereocenters. The summed E-state index contributed by atoms with van der Waals surface area (Å²) in [6.45, 7) is 2.63. The third-order valence-electron chi connectivity index (χ3n) is 10.0. The summed E-state index contributed by atoms with van der Waals surface area (Å²) in [7, 11) is 0. The number of carbonyl (C=O) groups is 1. The van der Waals surface area contributed by atoms with Gasteiger partial charge in [-0.25, -0.2) is 4.98 Å². The minimum absolute atomic E-state index is 0.0463. The van der Waals surface area contributed by atoms with E-state index in [-0.39, 0.29) is 23.4 Å². The Morgan fingerprint density at radius 2 is 1.82 bits per heavy atom. The molecule has 38 heavy (non-hydrogen) atoms. The standard InChI is InChI=1S/C27H33F3N6O2/c28-27(29,30)20-2-3-21(32-15-20)35-6-8-36(9-7-35)26(4-1-5-26)23(33-16-31)34-22-18-10-17-11-19(22)14-25(12-17,13-18)24(37)38/h2-3,15,17-19,22H,1,4-14H2,(H,33,34)(H,37,38). The molecule has 0 amide bonds. The molecular weight excluding hydrogens is 497 g/mol. The highest BCUT2D eigenvalue weighted by Crippen LogP contribution is 2.61. The minimum Gasteiger partial charge on any atom is -0.481 e. The van der Waals surface area contributed by atoms with E-state index >= 15 is 0 Å². The summed E-state index contributed by atoms with van der Waals surface area (Å²) in [4.78, 5) is 25.8. The number of aliphatic carboxylic acids is 1. The minimum atomic E-state index is -4.41. The van der Waals surface area contributed by atoms with Crippen LogP contribution in [-0.2, 0) is 11.0 Å². The lowest BCUT2D eigenvalue weighted by Crippen LogP contribution is -2.67. The SMILES string of the molecule is N#CNC(=NC1C2CC3CC1CC(C(=O)O)(C3)C2)C1(N2CCN(c3ccc(C(F)(F)F)cn3)CC2)CCC1. The fourth-order valence-corrected chi connectivity index (χ4v) is 8.26. The quantitative estimate of drug-likeness (QED) is 0.258. The number of aromatic nitrogens is 1. The topological polar surface area (TPSA) is 105 Å². The van der Waals surface area contributed by atoms with Crippen LogP contribution in [0.1, 0.15) is 56.9 Å². The first-order valence-corrected chi connectivity index (χ1v) is 13.6. The van der Waals surface area contributed by atoms with E-state index in [1.807, 2.05) is 4.90 Å². The molecule has 6 aliphatic rings. The van der Waals surface area contributed by atoms with Crippen molar-refractivity contribution in [3.63, 3.8) is 0 Å². The summed E-state index contributed by atoms with van der Waals surface area (Å²) >= 11 is 0. The summed E-state index contributed by atoms with van der Waals surface area (Å²) in [6.07, 6.45) is 5.59. The van der Waals surface area contributed by atoms with Crippen molar-refractivity contribution in [3.05, 3.63) is 23.9 Å². The highest BCUT2D eigenvalue weighted by molar-refractivity contribution is 5.94. The summed E-state index contributed by atoms with van der Waals surface area (Å²) in [5.41, 5.74) is -1.70. The number of aliphatic imine (C=N–C) groups is 1. The van der Waals surface area contributed by atoms with Gasteiger partial charge in [0.05, 0.1) is 22.6 Å². The molecule has 5 aliphatic carbocycles. The zero-order chi connectivity index (χ0) is 26.7. The molecule has 2 atom stereocenters. The number of halogens is 3. The van der Waals surface area contributed by atoms with Gasteiger partial charge < -0.3 is 10.0 Å². The number of anilines is 1. The second kappa shape index (κ2) is 9.11. The second-order valence-corrected chi connectivity index (χ2v) is 12.0. The normalized spacial score (nSPS) is 34.5. The van der Waals surface area contributed by atoms with Crippen LogP contribution in [0.5, 0.6) is 0 Å². The molecular formula is C27H33F3N6O2. The summed E-state index contributed by atoms with van der Waals surface area (Å²) in [5, 5.41) is 22.6. The molecule has 7 rings (SSSR count). The first-order valence-electron chi connectivity index (χ1n) is 13.6. The number of rotatable bonds is 5. The van der Waals surface area contributed by atoms with Crippen LogP contribution in [-0.4, -0.2) is 64.6 Å². The van der Waals surface area contributed by atoms with Gasteiger partial charge in [0.1, 0.15) is 11.7 Å². The Labute approximate surface area is 219 Å². The molecule has 204 valence electrons. The molecule has 0 aromatic carbocycles. The van der Waals surface area contributed by atoms with Gasteiger partial charge in [-0.1, -0.05) is 0 Å². The van der Waals surface area contributed by atoms with Gasteiger partial charge in [-0.05, 0) is 81.3 Å². The van der Waals surface area contributed by atoms with E-state index in [9.17, 15) is 28.3 Å². The number of alkyl halides is 3. The first-order chi connectivity index (χ1) is 18.1. The van der Waals surface area contributed by atoms with Crippen LogP contribution in [0.25, 0.3) is 0 Å². The smallest absolute Gasteiger partial charge is 0.417 e. The van der Waals surface area contributed by atoms with E-state index in [0.29, 0.717) is 56.6 Å². The maximum Gasteiger partial charge on any atom is 0.417 e. The predicted octanol–water partition coefficient (Wildman–Crippen LogP) is 3.89. The Kier molecular flexibility index (Phi) is 6.09. The average Bonchev–Trinajstić information content (AvgIpc) is 2.85. The first kappa shape index (κ1) is 25.4. The van der Waals surface area contributed by atoms with Crippen molar-refractivity contribution in [2.75, 3.05) is 31.1 Å². The molecule has 11 heteroatoms. The van der Waals surface area contributed by atoms with Crippen LogP contribution in [0.3, 0.4) is 0 Å². The molecule has 0 radical (unpaired) electrons. The number of nitrogens with zero attached hydrogens (tertiary/aromatic N) is 5. The third-order valence-corrected chi connectivity index (χ3v) is 10.0. The van der Waals surface area contributed by atoms with Gasteiger partial charge in [-0.15, -0.1) is 0 Å². The highest BCUT2D eigenvalue weighted by Gasteiger charge is 2.59. The van der Waals surface area contributed by atoms with E-state index < -0.39 is 23.1 Å². The molecule has 1 aromatic heterocycles. The van der Waals surface area contributed by atoms with Crippen molar-refractivity contribution in [1.82, 2.24) is 15.2 Å².